The van der Waals surface area contributed by atoms with Crippen molar-refractivity contribution in [3.8, 4) is 0 Å². The molecule has 1 aliphatic carbocycles. The number of carbonyl (C=O) groups is 1. The Morgan fingerprint density at radius 1 is 1.42 bits per heavy atom. The van der Waals surface area contributed by atoms with Crippen molar-refractivity contribution in [1.29, 1.82) is 0 Å². The van der Waals surface area contributed by atoms with Crippen LogP contribution in [0.15, 0.2) is 0 Å². The summed E-state index contributed by atoms with van der Waals surface area (Å²) in [7, 11) is 0. The number of hydrogen-bond donors (Lipinski definition) is 2. The summed E-state index contributed by atoms with van der Waals surface area (Å²) < 4.78 is 0. The molecule has 0 heterocycles. The summed E-state index contributed by atoms with van der Waals surface area (Å²) in [6, 6.07) is 0. The van der Waals surface area contributed by atoms with Gasteiger partial charge in [-0.2, -0.15) is 0 Å². The van der Waals surface area contributed by atoms with Crippen LogP contribution < -0.4 is 0 Å². The Morgan fingerprint density at radius 2 is 2.00 bits per heavy atom. The third kappa shape index (κ3) is 1.78. The number of aliphatic carboxylic acids is 1. The predicted octanol–water partition coefficient (Wildman–Crippen LogP) is 1.26. The molecule has 3 nitrogen and oxygen atoms in total. The number of carboxylic acids is 1. The van der Waals surface area contributed by atoms with Crippen LogP contribution in [0.25, 0.3) is 0 Å². The summed E-state index contributed by atoms with van der Waals surface area (Å²) in [6.07, 6.45) is 1.52. The Labute approximate surface area is 72.4 Å². The summed E-state index contributed by atoms with van der Waals surface area (Å²) in [5.74, 6) is -1.02. The van der Waals surface area contributed by atoms with Crippen molar-refractivity contribution < 1.29 is 15.0 Å². The maximum atomic E-state index is 10.8. The van der Waals surface area contributed by atoms with Gasteiger partial charge in [0.15, 0.2) is 0 Å². The molecular weight excluding hydrogens is 156 g/mol. The van der Waals surface area contributed by atoms with E-state index in [1.54, 1.807) is 0 Å². The van der Waals surface area contributed by atoms with E-state index >= 15 is 0 Å². The van der Waals surface area contributed by atoms with E-state index < -0.39 is 5.97 Å². The van der Waals surface area contributed by atoms with E-state index in [0.29, 0.717) is 19.3 Å². The van der Waals surface area contributed by atoms with Crippen LogP contribution in [0.5, 0.6) is 0 Å². The first-order valence-corrected chi connectivity index (χ1v) is 4.34. The Balaban J connectivity index is 2.70. The Hall–Kier alpha value is -0.570. The largest absolute Gasteiger partial charge is 0.481 e. The number of aliphatic hydroxyl groups excluding tert-OH is 1. The molecule has 3 heteroatoms. The van der Waals surface area contributed by atoms with Crippen molar-refractivity contribution in [2.45, 2.75) is 39.2 Å². The Kier molecular flexibility index (Phi) is 2.42. The highest BCUT2D eigenvalue weighted by Crippen LogP contribution is 2.40. The summed E-state index contributed by atoms with van der Waals surface area (Å²) in [5.41, 5.74) is -0.260. The quantitative estimate of drug-likeness (QED) is 0.626. The lowest BCUT2D eigenvalue weighted by molar-refractivity contribution is -0.149. The summed E-state index contributed by atoms with van der Waals surface area (Å²) in [5, 5.41) is 18.2. The van der Waals surface area contributed by atoms with Gasteiger partial charge in [0.1, 0.15) is 0 Å². The highest BCUT2D eigenvalue weighted by Gasteiger charge is 2.40. The van der Waals surface area contributed by atoms with Gasteiger partial charge in [-0.05, 0) is 24.7 Å². The zero-order chi connectivity index (χ0) is 9.35. The SMILES string of the molecule is CC1(C)C[C@H](O)CC[C@@H]1C(=O)O. The summed E-state index contributed by atoms with van der Waals surface area (Å²) >= 11 is 0. The first kappa shape index (κ1) is 9.52. The van der Waals surface area contributed by atoms with Gasteiger partial charge in [0.05, 0.1) is 12.0 Å². The first-order valence-electron chi connectivity index (χ1n) is 4.34. The van der Waals surface area contributed by atoms with E-state index in [2.05, 4.69) is 0 Å². The molecule has 0 aromatic rings. The third-order valence-electron chi connectivity index (χ3n) is 2.79. The van der Waals surface area contributed by atoms with E-state index in [1.807, 2.05) is 13.8 Å². The van der Waals surface area contributed by atoms with Crippen molar-refractivity contribution in [2.24, 2.45) is 11.3 Å². The number of hydrogen-bond acceptors (Lipinski definition) is 2. The summed E-state index contributed by atoms with van der Waals surface area (Å²) in [4.78, 5) is 10.8. The van der Waals surface area contributed by atoms with Gasteiger partial charge in [0.2, 0.25) is 0 Å². The zero-order valence-corrected chi connectivity index (χ0v) is 7.58. The highest BCUT2D eigenvalue weighted by molar-refractivity contribution is 5.71. The molecule has 2 N–H and O–H groups in total. The average Bonchev–Trinajstić information content (AvgIpc) is 1.82. The lowest BCUT2D eigenvalue weighted by Gasteiger charge is -2.38. The second-order valence-electron chi connectivity index (χ2n) is 4.31. The van der Waals surface area contributed by atoms with Crippen molar-refractivity contribution >= 4 is 5.97 Å². The minimum absolute atomic E-state index is 0.260. The van der Waals surface area contributed by atoms with Crippen LogP contribution in [0, 0.1) is 11.3 Å². The van der Waals surface area contributed by atoms with Gasteiger partial charge >= 0.3 is 5.97 Å². The lowest BCUT2D eigenvalue weighted by Crippen LogP contribution is -2.38. The van der Waals surface area contributed by atoms with Gasteiger partial charge in [-0.15, -0.1) is 0 Å². The van der Waals surface area contributed by atoms with Gasteiger partial charge in [-0.25, -0.2) is 0 Å². The van der Waals surface area contributed by atoms with Crippen LogP contribution in [-0.2, 0) is 4.79 Å². The molecular formula is C9H16O3. The van der Waals surface area contributed by atoms with E-state index in [0.717, 1.165) is 0 Å². The molecule has 1 aliphatic rings. The topological polar surface area (TPSA) is 57.5 Å². The van der Waals surface area contributed by atoms with Crippen molar-refractivity contribution in [2.75, 3.05) is 0 Å². The van der Waals surface area contributed by atoms with E-state index in [1.165, 1.54) is 0 Å². The molecule has 1 saturated carbocycles. The normalized spacial score (nSPS) is 34.6. The average molecular weight is 172 g/mol. The maximum absolute atomic E-state index is 10.8. The van der Waals surface area contributed by atoms with E-state index in [9.17, 15) is 9.90 Å². The molecule has 0 aromatic heterocycles. The molecule has 12 heavy (non-hydrogen) atoms. The number of carboxylic acid groups (broad SMARTS) is 1. The molecule has 0 amide bonds. The molecule has 0 aromatic carbocycles. The fourth-order valence-electron chi connectivity index (χ4n) is 2.06. The van der Waals surface area contributed by atoms with Crippen LogP contribution in [0.4, 0.5) is 0 Å². The molecule has 1 rings (SSSR count). The monoisotopic (exact) mass is 172 g/mol. The highest BCUT2D eigenvalue weighted by atomic mass is 16.4. The standard InChI is InChI=1S/C9H16O3/c1-9(2)5-6(10)3-4-7(9)8(11)12/h6-7,10H,3-5H2,1-2H3,(H,11,12)/t6-,7-/m1/s1. The molecule has 0 bridgehead atoms. The molecule has 1 fully saturated rings. The minimum Gasteiger partial charge on any atom is -0.481 e. The van der Waals surface area contributed by atoms with E-state index in [-0.39, 0.29) is 17.4 Å². The zero-order valence-electron chi connectivity index (χ0n) is 7.58. The number of rotatable bonds is 1. The molecule has 0 spiro atoms. The predicted molar refractivity (Wildman–Crippen MR) is 44.8 cm³/mol. The van der Waals surface area contributed by atoms with Crippen LogP contribution in [0.2, 0.25) is 0 Å². The Bertz CT molecular complexity index is 186. The van der Waals surface area contributed by atoms with Crippen LogP contribution >= 0.6 is 0 Å². The summed E-state index contributed by atoms with van der Waals surface area (Å²) in [6.45, 7) is 3.82. The van der Waals surface area contributed by atoms with Crippen molar-refractivity contribution in [1.82, 2.24) is 0 Å². The first-order chi connectivity index (χ1) is 5.43. The second kappa shape index (κ2) is 3.05. The third-order valence-corrected chi connectivity index (χ3v) is 2.79. The van der Waals surface area contributed by atoms with Crippen LogP contribution in [0.3, 0.4) is 0 Å². The van der Waals surface area contributed by atoms with Gasteiger partial charge in [-0.1, -0.05) is 13.8 Å². The van der Waals surface area contributed by atoms with Crippen LogP contribution in [-0.4, -0.2) is 22.3 Å². The lowest BCUT2D eigenvalue weighted by atomic mass is 9.68. The van der Waals surface area contributed by atoms with Crippen molar-refractivity contribution in [3.63, 3.8) is 0 Å². The van der Waals surface area contributed by atoms with Crippen molar-refractivity contribution in [3.05, 3.63) is 0 Å². The molecule has 0 unspecified atom stereocenters. The second-order valence-corrected chi connectivity index (χ2v) is 4.31. The van der Waals surface area contributed by atoms with Gasteiger partial charge in [0, 0.05) is 0 Å². The fourth-order valence-corrected chi connectivity index (χ4v) is 2.06. The Morgan fingerprint density at radius 3 is 2.42 bits per heavy atom. The fraction of sp³-hybridized carbons (Fsp3) is 0.889. The molecule has 2 atom stereocenters. The smallest absolute Gasteiger partial charge is 0.307 e. The maximum Gasteiger partial charge on any atom is 0.307 e. The number of aliphatic hydroxyl groups is 1. The molecule has 0 saturated heterocycles. The molecule has 70 valence electrons. The minimum atomic E-state index is -0.730. The molecule has 0 aliphatic heterocycles. The van der Waals surface area contributed by atoms with Gasteiger partial charge in [0.25, 0.3) is 0 Å². The van der Waals surface area contributed by atoms with Gasteiger partial charge in [-0.3, -0.25) is 4.79 Å². The van der Waals surface area contributed by atoms with E-state index in [4.69, 9.17) is 5.11 Å². The van der Waals surface area contributed by atoms with Crippen LogP contribution in [0.1, 0.15) is 33.1 Å². The van der Waals surface area contributed by atoms with Gasteiger partial charge < -0.3 is 10.2 Å². The molecule has 0 radical (unpaired) electrons.